The first-order valence-corrected chi connectivity index (χ1v) is 14.3. The minimum atomic E-state index is -5.70. The maximum absolute atomic E-state index is 15.0. The van der Waals surface area contributed by atoms with Crippen LogP contribution in [0, 0.1) is 12.8 Å². The summed E-state index contributed by atoms with van der Waals surface area (Å²) in [5.74, 6) is 0.234. The third-order valence-corrected chi connectivity index (χ3v) is 8.63. The van der Waals surface area contributed by atoms with Crippen LogP contribution in [0.2, 0.25) is 0 Å². The van der Waals surface area contributed by atoms with Gasteiger partial charge in [-0.15, -0.1) is 0 Å². The van der Waals surface area contributed by atoms with Crippen molar-refractivity contribution in [2.75, 3.05) is 10.6 Å². The van der Waals surface area contributed by atoms with E-state index < -0.39 is 34.4 Å². The van der Waals surface area contributed by atoms with E-state index >= 15 is 26.3 Å². The summed E-state index contributed by atoms with van der Waals surface area (Å²) in [6.07, 6.45) is -9.25. The number of hydrogen-bond donors (Lipinski definition) is 2. The highest BCUT2D eigenvalue weighted by atomic mass is 19.4. The number of hydrogen-bond acceptors (Lipinski definition) is 2. The van der Waals surface area contributed by atoms with E-state index in [9.17, 15) is 0 Å². The fraction of sp³-hybridized carbons (Fsp3) is 0.371. The summed E-state index contributed by atoms with van der Waals surface area (Å²) in [5, 5.41) is 6.12. The van der Waals surface area contributed by atoms with Crippen molar-refractivity contribution in [2.24, 2.45) is 5.92 Å². The Hall–Kier alpha value is -3.68. The van der Waals surface area contributed by atoms with E-state index in [1.54, 1.807) is 13.0 Å². The van der Waals surface area contributed by atoms with Crippen molar-refractivity contribution in [1.82, 2.24) is 0 Å². The van der Waals surface area contributed by atoms with Gasteiger partial charge in [0.2, 0.25) is 5.41 Å². The Labute approximate surface area is 249 Å². The lowest BCUT2D eigenvalue weighted by Gasteiger charge is -2.40. The molecule has 43 heavy (non-hydrogen) atoms. The number of rotatable bonds is 8. The zero-order valence-corrected chi connectivity index (χ0v) is 25.2. The van der Waals surface area contributed by atoms with Gasteiger partial charge >= 0.3 is 12.4 Å². The van der Waals surface area contributed by atoms with Gasteiger partial charge in [-0.25, -0.2) is 0 Å². The molecule has 1 atom stereocenters. The van der Waals surface area contributed by atoms with E-state index in [0.29, 0.717) is 35.2 Å². The molecule has 0 saturated heterocycles. The summed E-state index contributed by atoms with van der Waals surface area (Å²) in [5.41, 5.74) is -2.22. The lowest BCUT2D eigenvalue weighted by molar-refractivity contribution is -0.288. The molecule has 2 nitrogen and oxygen atoms in total. The van der Waals surface area contributed by atoms with Gasteiger partial charge in [-0.05, 0) is 103 Å². The average molecular weight is 601 g/mol. The molecule has 4 rings (SSSR count). The number of anilines is 2. The highest BCUT2D eigenvalue weighted by Crippen LogP contribution is 2.57. The summed E-state index contributed by atoms with van der Waals surface area (Å²) < 4.78 is 90.1. The second kappa shape index (κ2) is 11.4. The largest absolute Gasteiger partial charge is 0.411 e. The van der Waals surface area contributed by atoms with Crippen LogP contribution in [-0.2, 0) is 11.8 Å². The highest BCUT2D eigenvalue weighted by Gasteiger charge is 2.72. The maximum Gasteiger partial charge on any atom is 0.411 e. The Morgan fingerprint density at radius 1 is 0.907 bits per heavy atom. The summed E-state index contributed by atoms with van der Waals surface area (Å²) in [4.78, 5) is 0. The van der Waals surface area contributed by atoms with Crippen molar-refractivity contribution in [3.8, 4) is 0 Å². The molecule has 0 amide bonds. The van der Waals surface area contributed by atoms with Gasteiger partial charge in [0.15, 0.2) is 0 Å². The van der Waals surface area contributed by atoms with Gasteiger partial charge in [0.05, 0.1) is 0 Å². The first-order valence-electron chi connectivity index (χ1n) is 14.3. The molecule has 3 aromatic carbocycles. The number of nitrogens with one attached hydrogen (secondary N) is 2. The summed E-state index contributed by atoms with van der Waals surface area (Å²) >= 11 is 0. The molecule has 8 heteroatoms. The quantitative estimate of drug-likeness (QED) is 0.251. The normalized spacial score (nSPS) is 15.7. The number of alkyl halides is 6. The van der Waals surface area contributed by atoms with E-state index in [4.69, 9.17) is 0 Å². The monoisotopic (exact) mass is 600 g/mol. The summed E-state index contributed by atoms with van der Waals surface area (Å²) in [6, 6.07) is 13.8. The molecule has 0 bridgehead atoms. The topological polar surface area (TPSA) is 24.1 Å². The van der Waals surface area contributed by atoms with Crippen LogP contribution in [0.15, 0.2) is 73.8 Å². The minimum absolute atomic E-state index is 0.101. The molecule has 0 fully saturated rings. The van der Waals surface area contributed by atoms with Crippen molar-refractivity contribution in [1.29, 1.82) is 0 Å². The predicted molar refractivity (Wildman–Crippen MR) is 164 cm³/mol. The first-order chi connectivity index (χ1) is 19.9. The molecule has 0 spiro atoms. The van der Waals surface area contributed by atoms with Gasteiger partial charge in [0.1, 0.15) is 0 Å². The molecular weight excluding hydrogens is 562 g/mol. The van der Waals surface area contributed by atoms with Gasteiger partial charge in [0, 0.05) is 22.6 Å². The van der Waals surface area contributed by atoms with E-state index in [2.05, 4.69) is 37.6 Å². The number of benzene rings is 3. The van der Waals surface area contributed by atoms with E-state index in [-0.39, 0.29) is 17.3 Å². The number of halogens is 6. The van der Waals surface area contributed by atoms with Crippen molar-refractivity contribution in [3.05, 3.63) is 107 Å². The lowest BCUT2D eigenvalue weighted by atomic mass is 9.71. The maximum atomic E-state index is 15.0. The Balaban J connectivity index is 1.82. The van der Waals surface area contributed by atoms with E-state index in [1.807, 2.05) is 32.0 Å². The first kappa shape index (κ1) is 32.2. The van der Waals surface area contributed by atoms with Gasteiger partial charge < -0.3 is 10.6 Å². The van der Waals surface area contributed by atoms with Crippen LogP contribution in [0.5, 0.6) is 0 Å². The fourth-order valence-corrected chi connectivity index (χ4v) is 5.66. The van der Waals surface area contributed by atoms with Crippen LogP contribution in [0.1, 0.15) is 73.9 Å². The molecule has 1 aliphatic heterocycles. The molecule has 1 heterocycles. The van der Waals surface area contributed by atoms with Crippen LogP contribution in [-0.4, -0.2) is 17.9 Å². The second-order valence-electron chi connectivity index (χ2n) is 12.2. The third kappa shape index (κ3) is 6.06. The second-order valence-corrected chi connectivity index (χ2v) is 12.2. The highest BCUT2D eigenvalue weighted by molar-refractivity contribution is 5.79. The third-order valence-electron chi connectivity index (χ3n) is 8.63. The lowest BCUT2D eigenvalue weighted by Crippen LogP contribution is -2.55. The van der Waals surface area contributed by atoms with Crippen LogP contribution >= 0.6 is 0 Å². The van der Waals surface area contributed by atoms with Gasteiger partial charge in [-0.3, -0.25) is 0 Å². The zero-order valence-electron chi connectivity index (χ0n) is 25.2. The predicted octanol–water partition coefficient (Wildman–Crippen LogP) is 10.7. The molecule has 1 unspecified atom stereocenters. The Bertz CT molecular complexity index is 1520. The number of aryl methyl sites for hydroxylation is 2. The molecule has 0 saturated carbocycles. The molecule has 2 N–H and O–H groups in total. The van der Waals surface area contributed by atoms with Gasteiger partial charge in [-0.2, -0.15) is 26.3 Å². The van der Waals surface area contributed by atoms with Gasteiger partial charge in [0.25, 0.3) is 0 Å². The average Bonchev–Trinajstić information content (AvgIpc) is 2.92. The Morgan fingerprint density at radius 3 is 2.14 bits per heavy atom. The number of allylic oxidation sites excluding steroid dienone is 1. The Morgan fingerprint density at radius 2 is 1.51 bits per heavy atom. The van der Waals surface area contributed by atoms with Crippen LogP contribution < -0.4 is 10.6 Å². The molecule has 0 aliphatic carbocycles. The van der Waals surface area contributed by atoms with E-state index in [0.717, 1.165) is 41.8 Å². The zero-order chi connectivity index (χ0) is 32.0. The van der Waals surface area contributed by atoms with Crippen LogP contribution in [0.3, 0.4) is 0 Å². The van der Waals surface area contributed by atoms with Gasteiger partial charge in [-0.1, -0.05) is 69.5 Å². The molecule has 230 valence electrons. The fourth-order valence-electron chi connectivity index (χ4n) is 5.66. The molecule has 1 aliphatic rings. The van der Waals surface area contributed by atoms with E-state index in [1.165, 1.54) is 12.1 Å². The summed E-state index contributed by atoms with van der Waals surface area (Å²) in [6.45, 7) is 17.7. The molecular formula is C35H38F6N2. The molecule has 0 radical (unpaired) electrons. The Kier molecular flexibility index (Phi) is 8.57. The molecule has 0 aromatic heterocycles. The molecule has 3 aromatic rings. The van der Waals surface area contributed by atoms with Crippen LogP contribution in [0.4, 0.5) is 37.7 Å². The van der Waals surface area contributed by atoms with Crippen molar-refractivity contribution in [3.63, 3.8) is 0 Å². The minimum Gasteiger partial charge on any atom is -0.380 e. The summed E-state index contributed by atoms with van der Waals surface area (Å²) in [7, 11) is 0. The SMILES string of the molecule is C=C(Nc1cc(C(c2ccc3c(c2)NC(C)(C)CC3)(C(F)(F)F)C(F)(F)F)ccc1C)c1cccc(C(=C)C(C)CC)c1. The smallest absolute Gasteiger partial charge is 0.380 e. The van der Waals surface area contributed by atoms with Crippen molar-refractivity contribution in [2.45, 2.75) is 77.2 Å². The van der Waals surface area contributed by atoms with Crippen molar-refractivity contribution < 1.29 is 26.3 Å². The van der Waals surface area contributed by atoms with Crippen LogP contribution in [0.25, 0.3) is 11.3 Å². The number of fused-ring (bicyclic) bond motifs is 1. The standard InChI is InChI=1S/C35H38F6N2/c1-8-21(2)23(4)26-10-9-11-27(18-26)24(5)42-30-19-28(14-12-22(30)3)33(34(36,37)38,35(39,40)41)29-15-13-25-16-17-32(6,7)43-31(25)20-29/h9-15,18-21,42-43H,4-5,8,16-17H2,1-3,6-7H3. The van der Waals surface area contributed by atoms with Crippen molar-refractivity contribution >= 4 is 22.6 Å².